The molecule has 4 aromatic rings. The SMILES string of the molecule is COc1cc(-n2cnc(Nc3nc(Cl)nc4c3c(C)nn4C)c2)cc(OC)c1OC. The minimum atomic E-state index is 0.122. The van der Waals surface area contributed by atoms with Gasteiger partial charge in [-0.2, -0.15) is 15.1 Å². The van der Waals surface area contributed by atoms with Crippen molar-refractivity contribution in [2.75, 3.05) is 26.6 Å². The lowest BCUT2D eigenvalue weighted by molar-refractivity contribution is 0.324. The molecule has 0 saturated heterocycles. The quantitative estimate of drug-likeness (QED) is 0.466. The van der Waals surface area contributed by atoms with Crippen molar-refractivity contribution in [1.82, 2.24) is 29.3 Å². The van der Waals surface area contributed by atoms with Gasteiger partial charge in [0.2, 0.25) is 11.0 Å². The van der Waals surface area contributed by atoms with E-state index in [9.17, 15) is 0 Å². The number of imidazole rings is 1. The number of rotatable bonds is 6. The van der Waals surface area contributed by atoms with Gasteiger partial charge in [-0.3, -0.25) is 0 Å². The molecule has 10 nitrogen and oxygen atoms in total. The van der Waals surface area contributed by atoms with E-state index in [4.69, 9.17) is 25.8 Å². The Morgan fingerprint density at radius 3 is 2.37 bits per heavy atom. The third-order valence-corrected chi connectivity index (χ3v) is 4.78. The first-order chi connectivity index (χ1) is 14.4. The normalized spacial score (nSPS) is 11.0. The molecule has 30 heavy (non-hydrogen) atoms. The third-order valence-electron chi connectivity index (χ3n) is 4.61. The van der Waals surface area contributed by atoms with E-state index in [1.54, 1.807) is 32.3 Å². The second-order valence-electron chi connectivity index (χ2n) is 6.42. The van der Waals surface area contributed by atoms with Crippen LogP contribution in [0.3, 0.4) is 0 Å². The number of aryl methyl sites for hydroxylation is 2. The second-order valence-corrected chi connectivity index (χ2v) is 6.76. The fourth-order valence-corrected chi connectivity index (χ4v) is 3.43. The number of fused-ring (bicyclic) bond motifs is 1. The van der Waals surface area contributed by atoms with E-state index < -0.39 is 0 Å². The highest BCUT2D eigenvalue weighted by atomic mass is 35.5. The maximum absolute atomic E-state index is 6.10. The van der Waals surface area contributed by atoms with Gasteiger partial charge in [0, 0.05) is 19.2 Å². The average Bonchev–Trinajstić information content (AvgIpc) is 3.31. The lowest BCUT2D eigenvalue weighted by Crippen LogP contribution is -1.99. The average molecular weight is 430 g/mol. The highest BCUT2D eigenvalue weighted by Gasteiger charge is 2.17. The molecule has 156 valence electrons. The first-order valence-electron chi connectivity index (χ1n) is 8.93. The molecule has 0 spiro atoms. The standard InChI is InChI=1S/C19H20ClN7O3/c1-10-15-17(23-19(20)24-18(15)26(2)25-10)22-14-8-27(9-21-14)11-6-12(28-3)16(30-5)13(7-11)29-4/h6-9H,1-5H3,(H,22,23,24). The van der Waals surface area contributed by atoms with Crippen LogP contribution in [0.15, 0.2) is 24.7 Å². The van der Waals surface area contributed by atoms with Gasteiger partial charge >= 0.3 is 0 Å². The van der Waals surface area contributed by atoms with Gasteiger partial charge < -0.3 is 24.1 Å². The van der Waals surface area contributed by atoms with E-state index in [1.807, 2.05) is 36.9 Å². The topological polar surface area (TPSA) is 101 Å². The van der Waals surface area contributed by atoms with Crippen LogP contribution in [0.4, 0.5) is 11.6 Å². The number of hydrogen-bond acceptors (Lipinski definition) is 8. The summed E-state index contributed by atoms with van der Waals surface area (Å²) in [5.74, 6) is 2.72. The number of benzene rings is 1. The molecule has 0 atom stereocenters. The minimum absolute atomic E-state index is 0.122. The molecule has 0 bridgehead atoms. The van der Waals surface area contributed by atoms with Crippen LogP contribution in [0.2, 0.25) is 5.28 Å². The highest BCUT2D eigenvalue weighted by Crippen LogP contribution is 2.39. The smallest absolute Gasteiger partial charge is 0.226 e. The summed E-state index contributed by atoms with van der Waals surface area (Å²) in [7, 11) is 6.51. The number of methoxy groups -OCH3 is 3. The lowest BCUT2D eigenvalue weighted by atomic mass is 10.2. The van der Waals surface area contributed by atoms with E-state index in [0.717, 1.165) is 16.8 Å². The molecule has 0 aliphatic rings. The Morgan fingerprint density at radius 1 is 1.03 bits per heavy atom. The Bertz CT molecular complexity index is 1210. The summed E-state index contributed by atoms with van der Waals surface area (Å²) < 4.78 is 19.7. The summed E-state index contributed by atoms with van der Waals surface area (Å²) in [6.07, 6.45) is 3.48. The Balaban J connectivity index is 1.72. The van der Waals surface area contributed by atoms with E-state index >= 15 is 0 Å². The van der Waals surface area contributed by atoms with Crippen molar-refractivity contribution in [2.24, 2.45) is 7.05 Å². The van der Waals surface area contributed by atoms with E-state index in [1.165, 1.54) is 0 Å². The van der Waals surface area contributed by atoms with Crippen LogP contribution in [0.25, 0.3) is 16.7 Å². The summed E-state index contributed by atoms with van der Waals surface area (Å²) >= 11 is 6.10. The van der Waals surface area contributed by atoms with Gasteiger partial charge in [0.05, 0.1) is 44.3 Å². The Kier molecular flexibility index (Phi) is 5.08. The number of ether oxygens (including phenoxy) is 3. The zero-order valence-corrected chi connectivity index (χ0v) is 17.9. The van der Waals surface area contributed by atoms with Gasteiger partial charge in [-0.25, -0.2) is 9.67 Å². The van der Waals surface area contributed by atoms with Crippen LogP contribution >= 0.6 is 11.6 Å². The van der Waals surface area contributed by atoms with Crippen LogP contribution in [0, 0.1) is 6.92 Å². The van der Waals surface area contributed by atoms with Gasteiger partial charge in [0.1, 0.15) is 18.0 Å². The van der Waals surface area contributed by atoms with Crippen LogP contribution in [-0.4, -0.2) is 50.6 Å². The second kappa shape index (κ2) is 7.71. The lowest BCUT2D eigenvalue weighted by Gasteiger charge is -2.14. The van der Waals surface area contributed by atoms with E-state index in [-0.39, 0.29) is 5.28 Å². The van der Waals surface area contributed by atoms with Crippen LogP contribution in [0.1, 0.15) is 5.69 Å². The van der Waals surface area contributed by atoms with E-state index in [0.29, 0.717) is 34.5 Å². The number of aromatic nitrogens is 6. The molecule has 0 radical (unpaired) electrons. The summed E-state index contributed by atoms with van der Waals surface area (Å²) in [4.78, 5) is 13.0. The maximum Gasteiger partial charge on any atom is 0.226 e. The molecule has 1 N–H and O–H groups in total. The molecule has 0 aliphatic heterocycles. The van der Waals surface area contributed by atoms with Crippen molar-refractivity contribution in [2.45, 2.75) is 6.92 Å². The minimum Gasteiger partial charge on any atom is -0.493 e. The Hall–Kier alpha value is -3.53. The van der Waals surface area contributed by atoms with Crippen LogP contribution in [-0.2, 0) is 7.05 Å². The largest absolute Gasteiger partial charge is 0.493 e. The predicted octanol–water partition coefficient (Wildman–Crippen LogP) is 3.28. The molecule has 0 aliphatic carbocycles. The maximum atomic E-state index is 6.10. The molecule has 4 rings (SSSR count). The van der Waals surface area contributed by atoms with Gasteiger partial charge in [-0.05, 0) is 18.5 Å². The van der Waals surface area contributed by atoms with Crippen molar-refractivity contribution in [3.8, 4) is 22.9 Å². The predicted molar refractivity (Wildman–Crippen MR) is 113 cm³/mol. The van der Waals surface area contributed by atoms with Crippen molar-refractivity contribution in [3.05, 3.63) is 35.6 Å². The van der Waals surface area contributed by atoms with Crippen LogP contribution in [0.5, 0.6) is 17.2 Å². The molecular formula is C19H20ClN7O3. The van der Waals surface area contributed by atoms with Gasteiger partial charge in [-0.15, -0.1) is 0 Å². The molecule has 3 heterocycles. The number of nitrogens with zero attached hydrogens (tertiary/aromatic N) is 6. The fourth-order valence-electron chi connectivity index (χ4n) is 3.27. The van der Waals surface area contributed by atoms with Crippen molar-refractivity contribution in [3.63, 3.8) is 0 Å². The number of hydrogen-bond donors (Lipinski definition) is 1. The van der Waals surface area contributed by atoms with Crippen LogP contribution < -0.4 is 19.5 Å². The van der Waals surface area contributed by atoms with Crippen molar-refractivity contribution < 1.29 is 14.2 Å². The first kappa shape index (κ1) is 19.8. The first-order valence-corrected chi connectivity index (χ1v) is 9.31. The Morgan fingerprint density at radius 2 is 1.73 bits per heavy atom. The monoisotopic (exact) mass is 429 g/mol. The summed E-state index contributed by atoms with van der Waals surface area (Å²) in [6.45, 7) is 1.89. The molecule has 0 fully saturated rings. The summed E-state index contributed by atoms with van der Waals surface area (Å²) in [5.41, 5.74) is 2.21. The molecule has 0 unspecified atom stereocenters. The van der Waals surface area contributed by atoms with E-state index in [2.05, 4.69) is 25.4 Å². The molecule has 0 saturated carbocycles. The van der Waals surface area contributed by atoms with Gasteiger partial charge in [-0.1, -0.05) is 0 Å². The number of halogens is 1. The zero-order chi connectivity index (χ0) is 21.4. The summed E-state index contributed by atoms with van der Waals surface area (Å²) in [5, 5.41) is 8.50. The molecule has 1 aromatic carbocycles. The Labute approximate surface area is 177 Å². The molecular weight excluding hydrogens is 410 g/mol. The summed E-state index contributed by atoms with van der Waals surface area (Å²) in [6, 6.07) is 3.66. The van der Waals surface area contributed by atoms with Gasteiger partial charge in [0.15, 0.2) is 17.1 Å². The molecule has 0 amide bonds. The van der Waals surface area contributed by atoms with Gasteiger partial charge in [0.25, 0.3) is 0 Å². The number of nitrogens with one attached hydrogen (secondary N) is 1. The molecule has 11 heteroatoms. The zero-order valence-electron chi connectivity index (χ0n) is 17.1. The number of anilines is 2. The fraction of sp³-hybridized carbons (Fsp3) is 0.263. The van der Waals surface area contributed by atoms with Crippen molar-refractivity contribution >= 4 is 34.3 Å². The molecule has 3 aromatic heterocycles. The third kappa shape index (κ3) is 3.35. The van der Waals surface area contributed by atoms with Crippen molar-refractivity contribution in [1.29, 1.82) is 0 Å². The highest BCUT2D eigenvalue weighted by molar-refractivity contribution is 6.28.